The van der Waals surface area contributed by atoms with Crippen molar-refractivity contribution in [2.75, 3.05) is 6.54 Å². The molecular formula is C13H20N4O2. The summed E-state index contributed by atoms with van der Waals surface area (Å²) in [5, 5.41) is 9.82. The number of hydrogen-bond acceptors (Lipinski definition) is 3. The lowest BCUT2D eigenvalue weighted by Gasteiger charge is -2.22. The summed E-state index contributed by atoms with van der Waals surface area (Å²) in [6, 6.07) is 1.35. The van der Waals surface area contributed by atoms with Gasteiger partial charge in [0.2, 0.25) is 5.91 Å². The average molecular weight is 264 g/mol. The van der Waals surface area contributed by atoms with Crippen molar-refractivity contribution in [3.63, 3.8) is 0 Å². The van der Waals surface area contributed by atoms with Crippen LogP contribution in [0.2, 0.25) is 0 Å². The zero-order valence-electron chi connectivity index (χ0n) is 11.6. The Kier molecular flexibility index (Phi) is 3.87. The lowest BCUT2D eigenvalue weighted by atomic mass is 10.1. The molecule has 0 spiro atoms. The highest BCUT2D eigenvalue weighted by molar-refractivity contribution is 5.96. The van der Waals surface area contributed by atoms with Gasteiger partial charge in [-0.3, -0.25) is 14.3 Å². The van der Waals surface area contributed by atoms with Crippen molar-refractivity contribution in [1.82, 2.24) is 20.4 Å². The molecule has 19 heavy (non-hydrogen) atoms. The van der Waals surface area contributed by atoms with Crippen LogP contribution in [-0.4, -0.2) is 34.2 Å². The van der Waals surface area contributed by atoms with Gasteiger partial charge in [-0.15, -0.1) is 0 Å². The normalized spacial score (nSPS) is 19.4. The second-order valence-corrected chi connectivity index (χ2v) is 5.19. The molecule has 2 rings (SSSR count). The molecule has 1 aliphatic heterocycles. The third kappa shape index (κ3) is 2.94. The first-order valence-corrected chi connectivity index (χ1v) is 6.61. The van der Waals surface area contributed by atoms with Crippen molar-refractivity contribution in [3.05, 3.63) is 17.5 Å². The summed E-state index contributed by atoms with van der Waals surface area (Å²) in [6.45, 7) is 4.74. The maximum atomic E-state index is 12.2. The first-order chi connectivity index (χ1) is 8.99. The van der Waals surface area contributed by atoms with Gasteiger partial charge in [0.25, 0.3) is 5.91 Å². The van der Waals surface area contributed by atoms with Gasteiger partial charge in [-0.1, -0.05) is 13.8 Å². The number of nitrogens with one attached hydrogen (secondary N) is 2. The van der Waals surface area contributed by atoms with Crippen LogP contribution in [0.1, 0.15) is 48.8 Å². The molecule has 0 radical (unpaired) electrons. The number of rotatable bonds is 3. The lowest BCUT2D eigenvalue weighted by Crippen LogP contribution is -2.50. The van der Waals surface area contributed by atoms with Crippen molar-refractivity contribution in [2.24, 2.45) is 7.05 Å². The molecule has 1 aromatic rings. The van der Waals surface area contributed by atoms with Gasteiger partial charge in [0.15, 0.2) is 0 Å². The SMILES string of the molecule is CC(C)c1cc(C(=O)N[C@H]2CCCNC2=O)n(C)n1. The van der Waals surface area contributed by atoms with E-state index in [4.69, 9.17) is 0 Å². The monoisotopic (exact) mass is 264 g/mol. The molecule has 1 saturated heterocycles. The first kappa shape index (κ1) is 13.6. The summed E-state index contributed by atoms with van der Waals surface area (Å²) in [5.74, 6) is -0.0828. The summed E-state index contributed by atoms with van der Waals surface area (Å²) >= 11 is 0. The second-order valence-electron chi connectivity index (χ2n) is 5.19. The van der Waals surface area contributed by atoms with Gasteiger partial charge in [-0.05, 0) is 24.8 Å². The smallest absolute Gasteiger partial charge is 0.270 e. The number of aromatic nitrogens is 2. The van der Waals surface area contributed by atoms with E-state index >= 15 is 0 Å². The summed E-state index contributed by atoms with van der Waals surface area (Å²) in [6.07, 6.45) is 1.58. The Morgan fingerprint density at radius 3 is 2.89 bits per heavy atom. The third-order valence-electron chi connectivity index (χ3n) is 3.31. The van der Waals surface area contributed by atoms with Gasteiger partial charge in [-0.25, -0.2) is 0 Å². The minimum Gasteiger partial charge on any atom is -0.354 e. The molecule has 2 heterocycles. The highest BCUT2D eigenvalue weighted by Gasteiger charge is 2.25. The number of carbonyl (C=O) groups excluding carboxylic acids is 2. The maximum Gasteiger partial charge on any atom is 0.270 e. The molecule has 1 aliphatic rings. The van der Waals surface area contributed by atoms with Crippen molar-refractivity contribution < 1.29 is 9.59 Å². The minimum absolute atomic E-state index is 0.106. The van der Waals surface area contributed by atoms with Crippen LogP contribution < -0.4 is 10.6 Å². The van der Waals surface area contributed by atoms with Crippen LogP contribution in [0.4, 0.5) is 0 Å². The summed E-state index contributed by atoms with van der Waals surface area (Å²) in [7, 11) is 1.74. The summed E-state index contributed by atoms with van der Waals surface area (Å²) in [4.78, 5) is 23.8. The fraction of sp³-hybridized carbons (Fsp3) is 0.615. The van der Waals surface area contributed by atoms with Crippen molar-refractivity contribution >= 4 is 11.8 Å². The third-order valence-corrected chi connectivity index (χ3v) is 3.31. The number of amides is 2. The zero-order valence-corrected chi connectivity index (χ0v) is 11.6. The van der Waals surface area contributed by atoms with E-state index < -0.39 is 6.04 Å². The largest absolute Gasteiger partial charge is 0.354 e. The molecule has 6 nitrogen and oxygen atoms in total. The number of aryl methyl sites for hydroxylation is 1. The van der Waals surface area contributed by atoms with Gasteiger partial charge in [0.1, 0.15) is 11.7 Å². The number of piperidine rings is 1. The molecule has 6 heteroatoms. The molecule has 2 amide bonds. The minimum atomic E-state index is -0.432. The Morgan fingerprint density at radius 2 is 2.32 bits per heavy atom. The molecule has 2 N–H and O–H groups in total. The average Bonchev–Trinajstić information content (AvgIpc) is 2.74. The summed E-state index contributed by atoms with van der Waals surface area (Å²) in [5.41, 5.74) is 1.36. The topological polar surface area (TPSA) is 76.0 Å². The van der Waals surface area contributed by atoms with Gasteiger partial charge >= 0.3 is 0 Å². The molecule has 104 valence electrons. The Bertz CT molecular complexity index is 493. The van der Waals surface area contributed by atoms with Crippen LogP contribution in [0.15, 0.2) is 6.07 Å². The van der Waals surface area contributed by atoms with Crippen LogP contribution in [0.25, 0.3) is 0 Å². The fourth-order valence-corrected chi connectivity index (χ4v) is 2.13. The Morgan fingerprint density at radius 1 is 1.58 bits per heavy atom. The molecule has 1 aromatic heterocycles. The van der Waals surface area contributed by atoms with E-state index in [9.17, 15) is 9.59 Å². The van der Waals surface area contributed by atoms with E-state index in [1.165, 1.54) is 0 Å². The molecule has 1 fully saturated rings. The van der Waals surface area contributed by atoms with E-state index in [1.807, 2.05) is 13.8 Å². The fourth-order valence-electron chi connectivity index (χ4n) is 2.13. The van der Waals surface area contributed by atoms with Crippen molar-refractivity contribution in [3.8, 4) is 0 Å². The van der Waals surface area contributed by atoms with Gasteiger partial charge in [-0.2, -0.15) is 5.10 Å². The zero-order chi connectivity index (χ0) is 14.0. The van der Waals surface area contributed by atoms with E-state index in [1.54, 1.807) is 17.8 Å². The molecule has 0 unspecified atom stereocenters. The number of hydrogen-bond donors (Lipinski definition) is 2. The van der Waals surface area contributed by atoms with Crippen LogP contribution in [0, 0.1) is 0 Å². The van der Waals surface area contributed by atoms with E-state index in [0.717, 1.165) is 12.1 Å². The molecule has 0 aliphatic carbocycles. The van der Waals surface area contributed by atoms with Crippen LogP contribution in [0.5, 0.6) is 0 Å². The second kappa shape index (κ2) is 5.42. The molecule has 1 atom stereocenters. The Balaban J connectivity index is 2.09. The Labute approximate surface area is 112 Å². The maximum absolute atomic E-state index is 12.2. The van der Waals surface area contributed by atoms with Gasteiger partial charge < -0.3 is 10.6 Å². The van der Waals surface area contributed by atoms with E-state index in [2.05, 4.69) is 15.7 Å². The van der Waals surface area contributed by atoms with Gasteiger partial charge in [0.05, 0.1) is 5.69 Å². The predicted octanol–water partition coefficient (Wildman–Crippen LogP) is 0.552. The standard InChI is InChI=1S/C13H20N4O2/c1-8(2)10-7-11(17(3)16-10)13(19)15-9-5-4-6-14-12(9)18/h7-9H,4-6H2,1-3H3,(H,14,18)(H,15,19)/t9-/m0/s1. The predicted molar refractivity (Wildman–Crippen MR) is 70.8 cm³/mol. The van der Waals surface area contributed by atoms with Crippen molar-refractivity contribution in [1.29, 1.82) is 0 Å². The van der Waals surface area contributed by atoms with E-state index in [0.29, 0.717) is 18.7 Å². The quantitative estimate of drug-likeness (QED) is 0.837. The lowest BCUT2D eigenvalue weighted by molar-refractivity contribution is -0.124. The van der Waals surface area contributed by atoms with Crippen LogP contribution in [0.3, 0.4) is 0 Å². The van der Waals surface area contributed by atoms with Crippen LogP contribution >= 0.6 is 0 Å². The summed E-state index contributed by atoms with van der Waals surface area (Å²) < 4.78 is 1.56. The Hall–Kier alpha value is -1.85. The number of nitrogens with zero attached hydrogens (tertiary/aromatic N) is 2. The highest BCUT2D eigenvalue weighted by atomic mass is 16.2. The molecule has 0 aromatic carbocycles. The molecule has 0 bridgehead atoms. The van der Waals surface area contributed by atoms with E-state index in [-0.39, 0.29) is 17.7 Å². The molecule has 0 saturated carbocycles. The first-order valence-electron chi connectivity index (χ1n) is 6.61. The van der Waals surface area contributed by atoms with Crippen LogP contribution in [-0.2, 0) is 11.8 Å². The number of carbonyl (C=O) groups is 2. The van der Waals surface area contributed by atoms with Crippen molar-refractivity contribution in [2.45, 2.75) is 38.6 Å². The van der Waals surface area contributed by atoms with Gasteiger partial charge in [0, 0.05) is 13.6 Å². The molecular weight excluding hydrogens is 244 g/mol. The highest BCUT2D eigenvalue weighted by Crippen LogP contribution is 2.14.